The van der Waals surface area contributed by atoms with Crippen LogP contribution in [0.3, 0.4) is 0 Å². The summed E-state index contributed by atoms with van der Waals surface area (Å²) in [6, 6.07) is 4.30. The standard InChI is InChI=1S/2C10H10F2NO.2C5H5.Ti/c2*1-6(2)10(14)13-9-4-3-7(11)5-8(9)12;2*1-2-4-5-3-1;/h2*3-4,6H,1-2H3,(H,13,14);2*1-3H,4H2;. The molecule has 2 N–H and O–H groups in total. The van der Waals surface area contributed by atoms with Crippen LogP contribution in [0.1, 0.15) is 40.5 Å². The Morgan fingerprint density at radius 3 is 1.38 bits per heavy atom. The van der Waals surface area contributed by atoms with Gasteiger partial charge in [0.2, 0.25) is 0 Å². The molecular weight excluding hydrogens is 544 g/mol. The average Bonchev–Trinajstić information content (AvgIpc) is 3.61. The van der Waals surface area contributed by atoms with E-state index in [1.54, 1.807) is 64.2 Å². The molecule has 2 aromatic carbocycles. The summed E-state index contributed by atoms with van der Waals surface area (Å²) in [6.07, 6.45) is 10.8. The van der Waals surface area contributed by atoms with Gasteiger partial charge in [0.25, 0.3) is 0 Å². The molecule has 0 atom stereocenters. The summed E-state index contributed by atoms with van der Waals surface area (Å²) >= 11 is -5.06. The fraction of sp³-hybridized carbons (Fsp3) is 0.267. The molecule has 0 aliphatic heterocycles. The average molecular weight is 574 g/mol. The quantitative estimate of drug-likeness (QED) is 0.291. The Morgan fingerprint density at radius 2 is 1.08 bits per heavy atom. The number of benzene rings is 2. The van der Waals surface area contributed by atoms with E-state index >= 15 is 17.6 Å². The van der Waals surface area contributed by atoms with Gasteiger partial charge in [-0.3, -0.25) is 0 Å². The number of amides is 2. The number of allylic oxidation sites excluding steroid dienone is 8. The summed E-state index contributed by atoms with van der Waals surface area (Å²) in [5, 5.41) is 4.99. The normalized spacial score (nSPS) is 14.7. The van der Waals surface area contributed by atoms with Crippen molar-refractivity contribution in [2.24, 2.45) is 11.8 Å². The van der Waals surface area contributed by atoms with Gasteiger partial charge in [0.1, 0.15) is 0 Å². The van der Waals surface area contributed by atoms with Crippen LogP contribution in [0.5, 0.6) is 0 Å². The molecule has 39 heavy (non-hydrogen) atoms. The molecule has 0 fully saturated rings. The third kappa shape index (κ3) is 5.20. The van der Waals surface area contributed by atoms with Crippen LogP contribution in [0.25, 0.3) is 0 Å². The fourth-order valence-corrected chi connectivity index (χ4v) is 13.2. The Balaban J connectivity index is 2.10. The molecule has 2 aromatic rings. The monoisotopic (exact) mass is 574 g/mol. The van der Waals surface area contributed by atoms with Gasteiger partial charge in [-0.2, -0.15) is 0 Å². The number of halogens is 4. The first-order chi connectivity index (χ1) is 18.5. The van der Waals surface area contributed by atoms with Crippen LogP contribution >= 0.6 is 0 Å². The van der Waals surface area contributed by atoms with Crippen LogP contribution in [0.2, 0.25) is 0 Å². The first-order valence-electron chi connectivity index (χ1n) is 12.8. The van der Waals surface area contributed by atoms with Gasteiger partial charge >= 0.3 is 229 Å². The van der Waals surface area contributed by atoms with Gasteiger partial charge in [0.15, 0.2) is 0 Å². The molecule has 0 bridgehead atoms. The molecule has 0 saturated heterocycles. The van der Waals surface area contributed by atoms with Crippen LogP contribution in [0.15, 0.2) is 68.5 Å². The first-order valence-corrected chi connectivity index (χ1v) is 15.9. The molecule has 4 nitrogen and oxygen atoms in total. The Hall–Kier alpha value is -3.23. The maximum atomic E-state index is 16.5. The Morgan fingerprint density at radius 1 is 0.692 bits per heavy atom. The zero-order chi connectivity index (χ0) is 28.5. The van der Waals surface area contributed by atoms with Gasteiger partial charge in [-0.05, 0) is 0 Å². The predicted molar refractivity (Wildman–Crippen MR) is 143 cm³/mol. The van der Waals surface area contributed by atoms with Crippen LogP contribution in [-0.4, -0.2) is 11.8 Å². The van der Waals surface area contributed by atoms with E-state index in [0.717, 1.165) is 24.3 Å². The third-order valence-corrected chi connectivity index (χ3v) is 14.9. The second-order valence-electron chi connectivity index (χ2n) is 10.3. The van der Waals surface area contributed by atoms with E-state index in [4.69, 9.17) is 0 Å². The fourth-order valence-electron chi connectivity index (χ4n) is 4.96. The number of anilines is 2. The summed E-state index contributed by atoms with van der Waals surface area (Å²) in [7, 11) is 0. The number of nitrogens with one attached hydrogen (secondary N) is 2. The van der Waals surface area contributed by atoms with Gasteiger partial charge in [0, 0.05) is 0 Å². The van der Waals surface area contributed by atoms with Crippen molar-refractivity contribution in [2.75, 3.05) is 10.6 Å². The zero-order valence-corrected chi connectivity index (χ0v) is 23.7. The van der Waals surface area contributed by atoms with E-state index in [9.17, 15) is 9.59 Å². The molecule has 2 aliphatic carbocycles. The molecule has 2 amide bonds. The summed E-state index contributed by atoms with van der Waals surface area (Å²) in [5.74, 6) is -5.95. The molecule has 0 saturated carbocycles. The van der Waals surface area contributed by atoms with Crippen molar-refractivity contribution < 1.29 is 43.7 Å². The molecule has 4 rings (SSSR count). The van der Waals surface area contributed by atoms with Gasteiger partial charge < -0.3 is 0 Å². The van der Waals surface area contributed by atoms with E-state index in [1.165, 1.54) is 0 Å². The van der Waals surface area contributed by atoms with Crippen molar-refractivity contribution in [3.63, 3.8) is 0 Å². The summed E-state index contributed by atoms with van der Waals surface area (Å²) in [5.41, 5.74) is -0.522. The number of carbonyl (C=O) groups excluding carboxylic acids is 2. The summed E-state index contributed by atoms with van der Waals surface area (Å²) in [6.45, 7) is 6.52. The molecule has 204 valence electrons. The van der Waals surface area contributed by atoms with Gasteiger partial charge in [-0.25, -0.2) is 0 Å². The van der Waals surface area contributed by atoms with E-state index in [-0.39, 0.29) is 24.2 Å². The van der Waals surface area contributed by atoms with Crippen molar-refractivity contribution >= 4 is 30.9 Å². The second-order valence-corrected chi connectivity index (χ2v) is 16.2. The van der Waals surface area contributed by atoms with Crippen LogP contribution < -0.4 is 18.4 Å². The minimum absolute atomic E-state index is 0.250. The molecule has 0 heterocycles. The molecule has 2 aliphatic rings. The number of carbonyl (C=O) groups is 2. The van der Waals surface area contributed by atoms with Crippen molar-refractivity contribution in [1.82, 2.24) is 0 Å². The number of rotatable bonds is 8. The predicted octanol–water partition coefficient (Wildman–Crippen LogP) is 6.22. The Labute approximate surface area is 228 Å². The van der Waals surface area contributed by atoms with Crippen molar-refractivity contribution in [1.29, 1.82) is 0 Å². The number of hydrogen-bond donors (Lipinski definition) is 2. The van der Waals surface area contributed by atoms with E-state index in [2.05, 4.69) is 10.6 Å². The minimum atomic E-state index is -5.06. The van der Waals surface area contributed by atoms with Gasteiger partial charge in [-0.15, -0.1) is 0 Å². The van der Waals surface area contributed by atoms with Crippen LogP contribution in [0.4, 0.5) is 28.9 Å². The number of hydrogen-bond acceptors (Lipinski definition) is 2. The van der Waals surface area contributed by atoms with E-state index in [1.807, 2.05) is 0 Å². The molecular formula is C30H30F4N2O2Ti. The molecule has 9 heteroatoms. The zero-order valence-electron chi connectivity index (χ0n) is 22.2. The van der Waals surface area contributed by atoms with Crippen molar-refractivity contribution in [3.8, 4) is 0 Å². The van der Waals surface area contributed by atoms with Crippen molar-refractivity contribution in [3.05, 3.63) is 91.7 Å². The SMILES string of the molecule is CC(C)C(=O)Nc1ccc(F)[c]([Ti]([C]2=CC=CC2)([C]2=CC=CC2)[c]2c(F)ccc(NC(=O)C(C)C)c2F)c1F. The van der Waals surface area contributed by atoms with Gasteiger partial charge in [-0.1, -0.05) is 0 Å². The topological polar surface area (TPSA) is 58.2 Å². The second kappa shape index (κ2) is 11.5. The Bertz CT molecular complexity index is 1350. The maximum absolute atomic E-state index is 16.5. The van der Waals surface area contributed by atoms with Crippen molar-refractivity contribution in [2.45, 2.75) is 40.5 Å². The Kier molecular flexibility index (Phi) is 8.47. The van der Waals surface area contributed by atoms with Crippen LogP contribution in [0, 0.1) is 35.1 Å². The molecule has 0 aromatic heterocycles. The molecule has 0 unspecified atom stereocenters. The molecule has 0 spiro atoms. The summed E-state index contributed by atoms with van der Waals surface area (Å²) < 4.78 is 65.2. The molecule has 0 radical (unpaired) electrons. The third-order valence-electron chi connectivity index (χ3n) is 7.00. The van der Waals surface area contributed by atoms with E-state index in [0.29, 0.717) is 7.76 Å². The summed E-state index contributed by atoms with van der Waals surface area (Å²) in [4.78, 5) is 24.9. The first kappa shape index (κ1) is 28.8. The van der Waals surface area contributed by atoms with Gasteiger partial charge in [0.05, 0.1) is 0 Å². The van der Waals surface area contributed by atoms with Crippen LogP contribution in [-0.2, 0) is 26.2 Å². The van der Waals surface area contributed by atoms with E-state index < -0.39 is 71.2 Å².